The Hall–Kier alpha value is -3.80. The second kappa shape index (κ2) is 8.92. The molecule has 3 aromatic rings. The molecule has 1 N–H and O–H groups in total. The summed E-state index contributed by atoms with van der Waals surface area (Å²) in [4.78, 5) is 28.7. The number of anilines is 2. The van der Waals surface area contributed by atoms with Gasteiger partial charge in [-0.2, -0.15) is 0 Å². The minimum Gasteiger partial charge on any atom is -0.507 e. The Kier molecular flexibility index (Phi) is 5.89. The molecule has 0 atom stereocenters. The van der Waals surface area contributed by atoms with Crippen LogP contribution < -0.4 is 9.80 Å². The van der Waals surface area contributed by atoms with Crippen LogP contribution in [-0.4, -0.2) is 30.6 Å². The first-order chi connectivity index (χ1) is 15.1. The molecule has 0 fully saturated rings. The third-order valence-electron chi connectivity index (χ3n) is 5.43. The Labute approximate surface area is 181 Å². The molecule has 3 aromatic carbocycles. The molecule has 4 rings (SSSR count). The number of hydrogen-bond acceptors (Lipinski definition) is 5. The van der Waals surface area contributed by atoms with Crippen LogP contribution in [0.4, 0.5) is 11.4 Å². The molecule has 1 heterocycles. The number of para-hydroxylation sites is 2. The topological polar surface area (TPSA) is 70.1 Å². The Bertz CT molecular complexity index is 1100. The number of carbonyl (C=O) groups is 2. The number of aromatic hydroxyl groups is 1. The van der Waals surface area contributed by atoms with Gasteiger partial charge in [0.1, 0.15) is 11.3 Å². The SMILES string of the molecule is COC(=O)c1ccc(CN2CCC(=O)N(Cc3ccccc3)c3ccccc32)cc1O. The van der Waals surface area contributed by atoms with E-state index in [1.165, 1.54) is 7.11 Å². The lowest BCUT2D eigenvalue weighted by Gasteiger charge is -2.27. The molecular weight excluding hydrogens is 392 g/mol. The quantitative estimate of drug-likeness (QED) is 0.634. The van der Waals surface area contributed by atoms with Crippen LogP contribution in [0.25, 0.3) is 0 Å². The predicted molar refractivity (Wildman–Crippen MR) is 119 cm³/mol. The molecule has 1 amide bonds. The van der Waals surface area contributed by atoms with Gasteiger partial charge in [0.25, 0.3) is 0 Å². The number of hydrogen-bond donors (Lipinski definition) is 1. The molecule has 0 aliphatic carbocycles. The summed E-state index contributed by atoms with van der Waals surface area (Å²) in [6.07, 6.45) is 0.383. The van der Waals surface area contributed by atoms with E-state index in [0.29, 0.717) is 26.1 Å². The lowest BCUT2D eigenvalue weighted by molar-refractivity contribution is -0.118. The van der Waals surface area contributed by atoms with E-state index in [-0.39, 0.29) is 17.2 Å². The highest BCUT2D eigenvalue weighted by molar-refractivity contribution is 5.98. The number of fused-ring (bicyclic) bond motifs is 1. The van der Waals surface area contributed by atoms with E-state index in [0.717, 1.165) is 22.5 Å². The highest BCUT2D eigenvalue weighted by atomic mass is 16.5. The van der Waals surface area contributed by atoms with Gasteiger partial charge in [-0.15, -0.1) is 0 Å². The van der Waals surface area contributed by atoms with Crippen molar-refractivity contribution in [3.8, 4) is 5.75 Å². The lowest BCUT2D eigenvalue weighted by atomic mass is 10.1. The van der Waals surface area contributed by atoms with Crippen LogP contribution in [0.15, 0.2) is 72.8 Å². The molecule has 6 nitrogen and oxygen atoms in total. The molecule has 0 unspecified atom stereocenters. The van der Waals surface area contributed by atoms with E-state index in [9.17, 15) is 14.7 Å². The van der Waals surface area contributed by atoms with Gasteiger partial charge in [-0.1, -0.05) is 48.5 Å². The number of rotatable bonds is 5. The van der Waals surface area contributed by atoms with Crippen LogP contribution in [0.5, 0.6) is 5.75 Å². The van der Waals surface area contributed by atoms with Gasteiger partial charge in [-0.05, 0) is 35.4 Å². The zero-order chi connectivity index (χ0) is 21.8. The fraction of sp³-hybridized carbons (Fsp3) is 0.200. The fourth-order valence-electron chi connectivity index (χ4n) is 3.86. The Morgan fingerprint density at radius 1 is 0.935 bits per heavy atom. The normalized spacial score (nSPS) is 13.5. The van der Waals surface area contributed by atoms with Gasteiger partial charge in [-0.25, -0.2) is 4.79 Å². The molecule has 0 saturated carbocycles. The molecule has 0 radical (unpaired) electrons. The van der Waals surface area contributed by atoms with Crippen molar-refractivity contribution in [2.75, 3.05) is 23.5 Å². The largest absolute Gasteiger partial charge is 0.507 e. The smallest absolute Gasteiger partial charge is 0.341 e. The maximum atomic E-state index is 13.0. The van der Waals surface area contributed by atoms with Crippen LogP contribution in [0.1, 0.15) is 27.9 Å². The maximum absolute atomic E-state index is 13.0. The van der Waals surface area contributed by atoms with Crippen molar-refractivity contribution in [1.82, 2.24) is 0 Å². The number of amides is 1. The molecule has 0 saturated heterocycles. The molecule has 6 heteroatoms. The third-order valence-corrected chi connectivity index (χ3v) is 5.43. The van der Waals surface area contributed by atoms with Gasteiger partial charge in [-0.3, -0.25) is 4.79 Å². The molecule has 158 valence electrons. The summed E-state index contributed by atoms with van der Waals surface area (Å²) in [6, 6.07) is 22.7. The van der Waals surface area contributed by atoms with Gasteiger partial charge < -0.3 is 19.6 Å². The standard InChI is InChI=1S/C25H24N2O4/c1-31-25(30)20-12-11-19(15-23(20)28)16-26-14-13-24(29)27(17-18-7-3-2-4-8-18)22-10-6-5-9-21(22)26/h2-12,15,28H,13-14,16-17H2,1H3. The summed E-state index contributed by atoms with van der Waals surface area (Å²) >= 11 is 0. The van der Waals surface area contributed by atoms with E-state index in [1.54, 1.807) is 18.2 Å². The first-order valence-electron chi connectivity index (χ1n) is 10.2. The average Bonchev–Trinajstić information content (AvgIpc) is 2.92. The number of nitrogens with zero attached hydrogens (tertiary/aromatic N) is 2. The maximum Gasteiger partial charge on any atom is 0.341 e. The van der Waals surface area contributed by atoms with Crippen molar-refractivity contribution >= 4 is 23.3 Å². The summed E-state index contributed by atoms with van der Waals surface area (Å²) in [7, 11) is 1.28. The number of methoxy groups -OCH3 is 1. The Morgan fingerprint density at radius 3 is 2.35 bits per heavy atom. The molecule has 1 aliphatic heterocycles. The van der Waals surface area contributed by atoms with Gasteiger partial charge in [0.05, 0.1) is 25.0 Å². The first kappa shape index (κ1) is 20.5. The van der Waals surface area contributed by atoms with Gasteiger partial charge >= 0.3 is 5.97 Å². The fourth-order valence-corrected chi connectivity index (χ4v) is 3.86. The third kappa shape index (κ3) is 4.38. The number of carbonyl (C=O) groups excluding carboxylic acids is 2. The molecular formula is C25H24N2O4. The predicted octanol–water partition coefficient (Wildman–Crippen LogP) is 4.12. The zero-order valence-electron chi connectivity index (χ0n) is 17.3. The van der Waals surface area contributed by atoms with Crippen molar-refractivity contribution in [2.24, 2.45) is 0 Å². The molecule has 1 aliphatic rings. The summed E-state index contributed by atoms with van der Waals surface area (Å²) in [6.45, 7) is 1.57. The van der Waals surface area contributed by atoms with Crippen molar-refractivity contribution in [3.05, 3.63) is 89.5 Å². The number of phenols is 1. The Morgan fingerprint density at radius 2 is 1.65 bits per heavy atom. The summed E-state index contributed by atoms with van der Waals surface area (Å²) in [5.74, 6) is -0.622. The van der Waals surface area contributed by atoms with Crippen molar-refractivity contribution in [1.29, 1.82) is 0 Å². The average molecular weight is 416 g/mol. The monoisotopic (exact) mass is 416 g/mol. The van der Waals surface area contributed by atoms with Crippen molar-refractivity contribution in [2.45, 2.75) is 19.5 Å². The second-order valence-electron chi connectivity index (χ2n) is 7.47. The second-order valence-corrected chi connectivity index (χ2v) is 7.47. The van der Waals surface area contributed by atoms with E-state index in [4.69, 9.17) is 4.74 Å². The molecule has 0 aromatic heterocycles. The van der Waals surface area contributed by atoms with E-state index in [1.807, 2.05) is 59.5 Å². The highest BCUT2D eigenvalue weighted by Gasteiger charge is 2.26. The van der Waals surface area contributed by atoms with Crippen LogP contribution in [-0.2, 0) is 22.6 Å². The molecule has 0 bridgehead atoms. The summed E-state index contributed by atoms with van der Waals surface area (Å²) < 4.78 is 4.69. The molecule has 31 heavy (non-hydrogen) atoms. The zero-order valence-corrected chi connectivity index (χ0v) is 17.3. The van der Waals surface area contributed by atoms with E-state index < -0.39 is 5.97 Å². The molecule has 0 spiro atoms. The van der Waals surface area contributed by atoms with Crippen molar-refractivity contribution < 1.29 is 19.4 Å². The number of esters is 1. The van der Waals surface area contributed by atoms with Crippen LogP contribution >= 0.6 is 0 Å². The number of phenolic OH excluding ortho intramolecular Hbond substituents is 1. The van der Waals surface area contributed by atoms with Crippen molar-refractivity contribution in [3.63, 3.8) is 0 Å². The van der Waals surface area contributed by atoms with E-state index in [2.05, 4.69) is 4.90 Å². The number of benzene rings is 3. The summed E-state index contributed by atoms with van der Waals surface area (Å²) in [5.41, 5.74) is 3.86. The van der Waals surface area contributed by atoms with Crippen LogP contribution in [0.2, 0.25) is 0 Å². The Balaban J connectivity index is 1.63. The minimum atomic E-state index is -0.577. The van der Waals surface area contributed by atoms with Crippen LogP contribution in [0, 0.1) is 0 Å². The number of ether oxygens (including phenoxy) is 1. The van der Waals surface area contributed by atoms with Gasteiger partial charge in [0.2, 0.25) is 5.91 Å². The van der Waals surface area contributed by atoms with E-state index >= 15 is 0 Å². The highest BCUT2D eigenvalue weighted by Crippen LogP contribution is 2.35. The van der Waals surface area contributed by atoms with Gasteiger partial charge in [0.15, 0.2) is 0 Å². The van der Waals surface area contributed by atoms with Crippen LogP contribution in [0.3, 0.4) is 0 Å². The summed E-state index contributed by atoms with van der Waals surface area (Å²) in [5, 5.41) is 10.2. The van der Waals surface area contributed by atoms with Gasteiger partial charge in [0, 0.05) is 19.5 Å². The lowest BCUT2D eigenvalue weighted by Crippen LogP contribution is -2.29. The minimum absolute atomic E-state index is 0.0719. The first-order valence-corrected chi connectivity index (χ1v) is 10.2.